The Labute approximate surface area is 172 Å². The third-order valence-corrected chi connectivity index (χ3v) is 5.57. The monoisotopic (exact) mass is 414 g/mol. The second-order valence-electron chi connectivity index (χ2n) is 6.68. The molecule has 0 spiro atoms. The van der Waals surface area contributed by atoms with Crippen LogP contribution in [0.1, 0.15) is 11.1 Å². The molecule has 0 aliphatic rings. The van der Waals surface area contributed by atoms with Crippen molar-refractivity contribution >= 4 is 51.0 Å². The fourth-order valence-corrected chi connectivity index (χ4v) is 4.28. The summed E-state index contributed by atoms with van der Waals surface area (Å²) in [6.45, 7) is 0.970. The summed E-state index contributed by atoms with van der Waals surface area (Å²) in [5, 5.41) is 2.88. The van der Waals surface area contributed by atoms with Gasteiger partial charge in [0.05, 0.1) is 21.1 Å². The van der Waals surface area contributed by atoms with Crippen LogP contribution >= 0.6 is 23.2 Å². The van der Waals surface area contributed by atoms with Crippen molar-refractivity contribution in [2.75, 3.05) is 13.1 Å². The number of para-hydroxylation sites is 2. The molecular formula is C21H20Cl2N4O. The molecule has 7 heteroatoms. The normalized spacial score (nSPS) is 11.6. The predicted molar refractivity (Wildman–Crippen MR) is 116 cm³/mol. The van der Waals surface area contributed by atoms with E-state index in [4.69, 9.17) is 34.7 Å². The van der Waals surface area contributed by atoms with Crippen LogP contribution in [0.25, 0.3) is 21.8 Å². The number of aromatic nitrogens is 2. The van der Waals surface area contributed by atoms with Crippen LogP contribution in [0, 0.1) is 0 Å². The first-order valence-electron chi connectivity index (χ1n) is 9.08. The number of fused-ring (bicyclic) bond motifs is 2. The molecule has 28 heavy (non-hydrogen) atoms. The first-order valence-corrected chi connectivity index (χ1v) is 9.84. The largest absolute Gasteiger partial charge is 0.337 e. The van der Waals surface area contributed by atoms with Gasteiger partial charge < -0.3 is 11.5 Å². The highest BCUT2D eigenvalue weighted by atomic mass is 35.5. The molecule has 4 rings (SSSR count). The molecule has 2 aromatic heterocycles. The Bertz CT molecular complexity index is 1100. The molecule has 4 N–H and O–H groups in total. The molecule has 0 amide bonds. The number of benzene rings is 2. The molecule has 0 bridgehead atoms. The summed E-state index contributed by atoms with van der Waals surface area (Å²) >= 11 is 12.9. The number of rotatable bonds is 4. The van der Waals surface area contributed by atoms with E-state index >= 15 is 0 Å². The maximum Gasteiger partial charge on any atom is 0.337 e. The highest BCUT2D eigenvalue weighted by Gasteiger charge is 2.21. The molecule has 144 valence electrons. The maximum absolute atomic E-state index is 13.6. The van der Waals surface area contributed by atoms with Crippen LogP contribution in [0.3, 0.4) is 0 Å². The van der Waals surface area contributed by atoms with Crippen molar-refractivity contribution in [3.8, 4) is 0 Å². The van der Waals surface area contributed by atoms with Gasteiger partial charge in [-0.25, -0.2) is 4.79 Å². The lowest BCUT2D eigenvalue weighted by Gasteiger charge is -2.08. The van der Waals surface area contributed by atoms with Gasteiger partial charge in [-0.3, -0.25) is 9.13 Å². The number of halogens is 2. The van der Waals surface area contributed by atoms with Gasteiger partial charge in [0.1, 0.15) is 0 Å². The van der Waals surface area contributed by atoms with Crippen molar-refractivity contribution < 1.29 is 4.79 Å². The second kappa shape index (κ2) is 7.60. The number of nitrogens with two attached hydrogens (primary N) is 2. The van der Waals surface area contributed by atoms with Gasteiger partial charge in [-0.05, 0) is 49.2 Å². The summed E-state index contributed by atoms with van der Waals surface area (Å²) in [6.07, 6.45) is 4.94. The number of carbonyl (C=O) groups is 1. The zero-order valence-corrected chi connectivity index (χ0v) is 16.7. The third kappa shape index (κ3) is 3.01. The smallest absolute Gasteiger partial charge is 0.330 e. The van der Waals surface area contributed by atoms with E-state index < -0.39 is 0 Å². The van der Waals surface area contributed by atoms with Gasteiger partial charge in [0.15, 0.2) is 0 Å². The molecule has 0 aliphatic heterocycles. The number of hydrogen-bond donors (Lipinski definition) is 2. The summed E-state index contributed by atoms with van der Waals surface area (Å²) in [6, 6.07) is 11.0. The Kier molecular flexibility index (Phi) is 5.17. The Morgan fingerprint density at radius 3 is 1.61 bits per heavy atom. The highest BCUT2D eigenvalue weighted by Crippen LogP contribution is 2.32. The lowest BCUT2D eigenvalue weighted by Crippen LogP contribution is -2.18. The average Bonchev–Trinajstić information content (AvgIpc) is 3.23. The van der Waals surface area contributed by atoms with Crippen LogP contribution in [0.2, 0.25) is 10.0 Å². The van der Waals surface area contributed by atoms with Crippen molar-refractivity contribution in [2.45, 2.75) is 12.8 Å². The molecule has 0 radical (unpaired) electrons. The van der Waals surface area contributed by atoms with E-state index in [0.29, 0.717) is 47.0 Å². The summed E-state index contributed by atoms with van der Waals surface area (Å²) < 4.78 is 3.16. The lowest BCUT2D eigenvalue weighted by atomic mass is 10.1. The van der Waals surface area contributed by atoms with Crippen LogP contribution in [0.15, 0.2) is 48.8 Å². The van der Waals surface area contributed by atoms with Crippen molar-refractivity contribution in [1.82, 2.24) is 9.13 Å². The van der Waals surface area contributed by atoms with Crippen molar-refractivity contribution in [3.63, 3.8) is 0 Å². The Morgan fingerprint density at radius 2 is 1.21 bits per heavy atom. The maximum atomic E-state index is 13.6. The summed E-state index contributed by atoms with van der Waals surface area (Å²) in [5.74, 6) is 0. The van der Waals surface area contributed by atoms with E-state index in [9.17, 15) is 4.79 Å². The van der Waals surface area contributed by atoms with E-state index in [0.717, 1.165) is 21.9 Å². The molecule has 0 unspecified atom stereocenters. The second-order valence-corrected chi connectivity index (χ2v) is 7.50. The number of carbonyl (C=O) groups excluding carboxylic acids is 1. The molecule has 0 aliphatic carbocycles. The Hall–Kier alpha value is -2.31. The number of hydrogen-bond acceptors (Lipinski definition) is 3. The average molecular weight is 415 g/mol. The van der Waals surface area contributed by atoms with E-state index in [1.807, 2.05) is 36.7 Å². The van der Waals surface area contributed by atoms with Gasteiger partial charge in [0.2, 0.25) is 0 Å². The third-order valence-electron chi connectivity index (χ3n) is 4.96. The van der Waals surface area contributed by atoms with Crippen LogP contribution in [0.5, 0.6) is 0 Å². The van der Waals surface area contributed by atoms with Gasteiger partial charge in [-0.15, -0.1) is 0 Å². The van der Waals surface area contributed by atoms with E-state index in [2.05, 4.69) is 0 Å². The zero-order valence-electron chi connectivity index (χ0n) is 15.2. The lowest BCUT2D eigenvalue weighted by molar-refractivity contribution is 0.245. The summed E-state index contributed by atoms with van der Waals surface area (Å²) in [7, 11) is 0. The van der Waals surface area contributed by atoms with E-state index in [1.165, 1.54) is 0 Å². The SMILES string of the molecule is NCCc1cn(C(=O)n2cc(CCN)c3cccc(Cl)c32)c2c(Cl)cccc12. The first-order chi connectivity index (χ1) is 13.6. The van der Waals surface area contributed by atoms with Gasteiger partial charge in [0.25, 0.3) is 0 Å². The molecule has 5 nitrogen and oxygen atoms in total. The molecule has 0 fully saturated rings. The minimum atomic E-state index is -0.247. The van der Waals surface area contributed by atoms with Crippen LogP contribution in [0.4, 0.5) is 4.79 Å². The topological polar surface area (TPSA) is 79.0 Å². The van der Waals surface area contributed by atoms with Crippen molar-refractivity contribution in [2.24, 2.45) is 11.5 Å². The van der Waals surface area contributed by atoms with Crippen LogP contribution in [-0.4, -0.2) is 28.3 Å². The molecule has 0 atom stereocenters. The molecule has 4 aromatic rings. The van der Waals surface area contributed by atoms with Crippen LogP contribution < -0.4 is 11.5 Å². The molecule has 0 saturated carbocycles. The van der Waals surface area contributed by atoms with Crippen LogP contribution in [-0.2, 0) is 12.8 Å². The van der Waals surface area contributed by atoms with Gasteiger partial charge in [-0.1, -0.05) is 47.5 Å². The van der Waals surface area contributed by atoms with Gasteiger partial charge in [-0.2, -0.15) is 0 Å². The Morgan fingerprint density at radius 1 is 0.786 bits per heavy atom. The predicted octanol–water partition coefficient (Wildman–Crippen LogP) is 4.42. The van der Waals surface area contributed by atoms with Gasteiger partial charge >= 0.3 is 6.03 Å². The van der Waals surface area contributed by atoms with E-state index in [-0.39, 0.29) is 6.03 Å². The summed E-state index contributed by atoms with van der Waals surface area (Å²) in [5.41, 5.74) is 14.8. The standard InChI is InChI=1S/C21H20Cl2N4O/c22-17-5-1-3-15-13(7-9-24)11-26(19(15)17)21(28)27-12-14(8-10-25)16-4-2-6-18(23)20(16)27/h1-6,11-12H,7-10,24-25H2. The number of nitrogens with zero attached hydrogens (tertiary/aromatic N) is 2. The molecule has 2 aromatic carbocycles. The fourth-order valence-electron chi connectivity index (χ4n) is 3.75. The van der Waals surface area contributed by atoms with Crippen molar-refractivity contribution in [1.29, 1.82) is 0 Å². The molecule has 0 saturated heterocycles. The minimum absolute atomic E-state index is 0.247. The molecule has 2 heterocycles. The molecular weight excluding hydrogens is 395 g/mol. The first kappa shape index (κ1) is 19.0. The highest BCUT2D eigenvalue weighted by molar-refractivity contribution is 6.36. The van der Waals surface area contributed by atoms with Gasteiger partial charge in [0, 0.05) is 23.2 Å². The fraction of sp³-hybridized carbons (Fsp3) is 0.190. The zero-order chi connectivity index (χ0) is 19.8. The summed E-state index contributed by atoms with van der Waals surface area (Å²) in [4.78, 5) is 13.6. The van der Waals surface area contributed by atoms with E-state index in [1.54, 1.807) is 21.3 Å². The van der Waals surface area contributed by atoms with Crippen molar-refractivity contribution in [3.05, 3.63) is 70.0 Å². The quantitative estimate of drug-likeness (QED) is 0.518. The minimum Gasteiger partial charge on any atom is -0.330 e. The Balaban J connectivity index is 1.96.